The molecule has 3 fully saturated rings. The van der Waals surface area contributed by atoms with E-state index in [0.29, 0.717) is 6.54 Å². The van der Waals surface area contributed by atoms with E-state index >= 15 is 0 Å². The van der Waals surface area contributed by atoms with Crippen LogP contribution in [0.3, 0.4) is 0 Å². The van der Waals surface area contributed by atoms with Gasteiger partial charge in [0.15, 0.2) is 0 Å². The SMILES string of the molecule is CC(C)(C)OC(=O)NC12CC(n3cc(NCCCOC(F)(F)F)cn3)(C1)C2. The summed E-state index contributed by atoms with van der Waals surface area (Å²) >= 11 is 0. The minimum atomic E-state index is -4.58. The molecule has 1 heterocycles. The maximum atomic E-state index is 11.9. The Morgan fingerprint density at radius 1 is 1.30 bits per heavy atom. The number of hydrogen-bond donors (Lipinski definition) is 2. The van der Waals surface area contributed by atoms with Crippen molar-refractivity contribution < 1.29 is 27.4 Å². The minimum Gasteiger partial charge on any atom is -0.444 e. The van der Waals surface area contributed by atoms with E-state index in [0.717, 1.165) is 24.9 Å². The van der Waals surface area contributed by atoms with Crippen molar-refractivity contribution in [3.63, 3.8) is 0 Å². The van der Waals surface area contributed by atoms with E-state index in [9.17, 15) is 18.0 Å². The predicted octanol–water partition coefficient (Wildman–Crippen LogP) is 3.38. The molecule has 3 aliphatic carbocycles. The smallest absolute Gasteiger partial charge is 0.444 e. The van der Waals surface area contributed by atoms with Crippen LogP contribution in [0.5, 0.6) is 0 Å². The number of anilines is 1. The number of hydrogen-bond acceptors (Lipinski definition) is 5. The topological polar surface area (TPSA) is 77.4 Å². The summed E-state index contributed by atoms with van der Waals surface area (Å²) in [5.41, 5.74) is -0.0784. The molecule has 0 unspecified atom stereocenters. The van der Waals surface area contributed by atoms with Crippen LogP contribution in [0.4, 0.5) is 23.7 Å². The lowest BCUT2D eigenvalue weighted by Crippen LogP contribution is -2.79. The standard InChI is InChI=1S/C17H25F3N4O3/c1-14(2,3)27-13(25)23-15-9-16(10-15,11-15)24-8-12(7-22-24)21-5-4-6-26-17(18,19)20/h7-8,21H,4-6,9-11H2,1-3H3,(H,23,25). The van der Waals surface area contributed by atoms with Crippen LogP contribution in [0.2, 0.25) is 0 Å². The molecule has 3 saturated carbocycles. The molecule has 152 valence electrons. The van der Waals surface area contributed by atoms with Gasteiger partial charge in [0.05, 0.1) is 29.6 Å². The van der Waals surface area contributed by atoms with Crippen molar-refractivity contribution in [3.8, 4) is 0 Å². The summed E-state index contributed by atoms with van der Waals surface area (Å²) in [5, 5.41) is 10.3. The van der Waals surface area contributed by atoms with E-state index in [4.69, 9.17) is 4.74 Å². The van der Waals surface area contributed by atoms with Gasteiger partial charge < -0.3 is 15.4 Å². The van der Waals surface area contributed by atoms with Crippen LogP contribution < -0.4 is 10.6 Å². The van der Waals surface area contributed by atoms with Crippen LogP contribution in [-0.4, -0.2) is 46.5 Å². The highest BCUT2D eigenvalue weighted by molar-refractivity contribution is 5.70. The Hall–Kier alpha value is -1.97. The first-order valence-corrected chi connectivity index (χ1v) is 8.91. The van der Waals surface area contributed by atoms with Gasteiger partial charge in [-0.1, -0.05) is 0 Å². The molecule has 1 amide bonds. The van der Waals surface area contributed by atoms with E-state index in [-0.39, 0.29) is 24.1 Å². The molecule has 2 N–H and O–H groups in total. The zero-order valence-corrected chi connectivity index (χ0v) is 15.7. The van der Waals surface area contributed by atoms with Crippen molar-refractivity contribution in [2.24, 2.45) is 0 Å². The molecule has 0 aliphatic heterocycles. The van der Waals surface area contributed by atoms with Gasteiger partial charge in [-0.3, -0.25) is 9.42 Å². The summed E-state index contributed by atoms with van der Waals surface area (Å²) in [7, 11) is 0. The predicted molar refractivity (Wildman–Crippen MR) is 91.3 cm³/mol. The third kappa shape index (κ3) is 4.66. The summed E-state index contributed by atoms with van der Waals surface area (Å²) in [4.78, 5) is 11.9. The normalized spacial score (nSPS) is 26.7. The highest BCUT2D eigenvalue weighted by Gasteiger charge is 2.70. The lowest BCUT2D eigenvalue weighted by molar-refractivity contribution is -0.324. The second-order valence-electron chi connectivity index (χ2n) is 8.41. The Morgan fingerprint density at radius 3 is 2.56 bits per heavy atom. The molecular weight excluding hydrogens is 365 g/mol. The monoisotopic (exact) mass is 390 g/mol. The van der Waals surface area contributed by atoms with Gasteiger partial charge in [0.25, 0.3) is 0 Å². The number of alkyl halides is 3. The molecule has 0 aromatic carbocycles. The average molecular weight is 390 g/mol. The van der Waals surface area contributed by atoms with Crippen molar-refractivity contribution >= 4 is 11.8 Å². The van der Waals surface area contributed by atoms with Gasteiger partial charge in [0.1, 0.15) is 5.60 Å². The van der Waals surface area contributed by atoms with Gasteiger partial charge in [-0.05, 0) is 46.5 Å². The maximum Gasteiger partial charge on any atom is 0.522 e. The molecule has 0 atom stereocenters. The summed E-state index contributed by atoms with van der Waals surface area (Å²) in [5.74, 6) is 0. The van der Waals surface area contributed by atoms with Gasteiger partial charge in [-0.2, -0.15) is 5.10 Å². The largest absolute Gasteiger partial charge is 0.522 e. The highest BCUT2D eigenvalue weighted by Crippen LogP contribution is 2.65. The number of nitrogens with one attached hydrogen (secondary N) is 2. The van der Waals surface area contributed by atoms with Crippen LogP contribution in [-0.2, 0) is 15.0 Å². The Kier molecular flexibility index (Phi) is 4.82. The quantitative estimate of drug-likeness (QED) is 0.698. The zero-order chi connectivity index (χ0) is 19.9. The van der Waals surface area contributed by atoms with Crippen LogP contribution >= 0.6 is 0 Å². The second-order valence-corrected chi connectivity index (χ2v) is 8.41. The number of rotatable bonds is 7. The molecule has 0 saturated heterocycles. The number of carbonyl (C=O) groups is 1. The lowest BCUT2D eigenvalue weighted by atomic mass is 9.44. The number of nitrogens with zero attached hydrogens (tertiary/aromatic N) is 2. The molecule has 27 heavy (non-hydrogen) atoms. The molecule has 2 bridgehead atoms. The fraction of sp³-hybridized carbons (Fsp3) is 0.765. The number of halogens is 3. The Labute approximate surface area is 155 Å². The Morgan fingerprint density at radius 2 is 1.96 bits per heavy atom. The summed E-state index contributed by atoms with van der Waals surface area (Å²) < 4.78 is 46.6. The van der Waals surface area contributed by atoms with Crippen molar-refractivity contribution in [1.82, 2.24) is 15.1 Å². The Balaban J connectivity index is 1.40. The molecule has 7 nitrogen and oxygen atoms in total. The van der Waals surface area contributed by atoms with Crippen molar-refractivity contribution in [2.45, 2.75) is 69.5 Å². The number of amides is 1. The number of ether oxygens (including phenoxy) is 2. The molecular formula is C17H25F3N4O3. The van der Waals surface area contributed by atoms with Crippen molar-refractivity contribution in [3.05, 3.63) is 12.4 Å². The highest BCUT2D eigenvalue weighted by atomic mass is 19.4. The first kappa shape index (κ1) is 19.8. The maximum absolute atomic E-state index is 11.9. The molecule has 3 aliphatic rings. The van der Waals surface area contributed by atoms with Gasteiger partial charge in [0.2, 0.25) is 0 Å². The molecule has 1 aromatic rings. The molecule has 1 aromatic heterocycles. The van der Waals surface area contributed by atoms with E-state index in [1.54, 1.807) is 6.20 Å². The lowest BCUT2D eigenvalue weighted by Gasteiger charge is -2.69. The first-order valence-electron chi connectivity index (χ1n) is 8.91. The van der Waals surface area contributed by atoms with E-state index in [1.807, 2.05) is 31.6 Å². The Bertz CT molecular complexity index is 677. The number of alkyl carbamates (subject to hydrolysis) is 1. The number of aromatic nitrogens is 2. The van der Waals surface area contributed by atoms with Crippen molar-refractivity contribution in [2.75, 3.05) is 18.5 Å². The third-order valence-electron chi connectivity index (χ3n) is 4.75. The van der Waals surface area contributed by atoms with Gasteiger partial charge >= 0.3 is 12.5 Å². The van der Waals surface area contributed by atoms with Gasteiger partial charge in [0, 0.05) is 12.7 Å². The minimum absolute atomic E-state index is 0.0890. The van der Waals surface area contributed by atoms with Gasteiger partial charge in [-0.15, -0.1) is 13.2 Å². The summed E-state index contributed by atoms with van der Waals surface area (Å²) in [6.07, 6.45) is 1.12. The molecule has 0 radical (unpaired) electrons. The van der Waals surface area contributed by atoms with E-state index in [1.165, 1.54) is 0 Å². The average Bonchev–Trinajstić information content (AvgIpc) is 2.86. The van der Waals surface area contributed by atoms with Gasteiger partial charge in [-0.25, -0.2) is 4.79 Å². The third-order valence-corrected chi connectivity index (χ3v) is 4.75. The summed E-state index contributed by atoms with van der Waals surface area (Å²) in [6, 6.07) is 0. The van der Waals surface area contributed by atoms with Crippen molar-refractivity contribution in [1.29, 1.82) is 0 Å². The van der Waals surface area contributed by atoms with Crippen LogP contribution in [0, 0.1) is 0 Å². The summed E-state index contributed by atoms with van der Waals surface area (Å²) in [6.45, 7) is 5.45. The molecule has 0 spiro atoms. The second kappa shape index (κ2) is 6.57. The van der Waals surface area contributed by atoms with E-state index in [2.05, 4.69) is 20.5 Å². The molecule has 4 rings (SSSR count). The van der Waals surface area contributed by atoms with E-state index < -0.39 is 18.1 Å². The molecule has 10 heteroatoms. The van der Waals surface area contributed by atoms with Crippen LogP contribution in [0.1, 0.15) is 46.5 Å². The van der Waals surface area contributed by atoms with Crippen LogP contribution in [0.25, 0.3) is 0 Å². The van der Waals surface area contributed by atoms with Crippen LogP contribution in [0.15, 0.2) is 12.4 Å². The first-order chi connectivity index (χ1) is 12.4. The fourth-order valence-corrected chi connectivity index (χ4v) is 3.80. The zero-order valence-electron chi connectivity index (χ0n) is 15.7. The fourth-order valence-electron chi connectivity index (χ4n) is 3.80. The number of carbonyl (C=O) groups excluding carboxylic acids is 1.